The van der Waals surface area contributed by atoms with E-state index in [9.17, 15) is 4.79 Å². The van der Waals surface area contributed by atoms with Crippen LogP contribution < -0.4 is 19.6 Å². The van der Waals surface area contributed by atoms with Gasteiger partial charge in [0.15, 0.2) is 0 Å². The zero-order chi connectivity index (χ0) is 17.5. The predicted octanol–water partition coefficient (Wildman–Crippen LogP) is 3.08. The monoisotopic (exact) mass is 440 g/mol. The fourth-order valence-electron chi connectivity index (χ4n) is 1.95. The largest absolute Gasteiger partial charge is 0.497 e. The van der Waals surface area contributed by atoms with E-state index in [2.05, 4.69) is 33.1 Å². The van der Waals surface area contributed by atoms with Crippen molar-refractivity contribution in [1.82, 2.24) is 5.43 Å². The number of nitrogens with zero attached hydrogens (tertiary/aromatic N) is 1. The van der Waals surface area contributed by atoms with Gasteiger partial charge in [-0.1, -0.05) is 0 Å². The van der Waals surface area contributed by atoms with Gasteiger partial charge in [-0.25, -0.2) is 5.43 Å². The van der Waals surface area contributed by atoms with Gasteiger partial charge in [-0.2, -0.15) is 5.10 Å². The van der Waals surface area contributed by atoms with Crippen molar-refractivity contribution in [2.75, 3.05) is 21.3 Å². The van der Waals surface area contributed by atoms with Crippen LogP contribution in [0.3, 0.4) is 0 Å². The first kappa shape index (κ1) is 18.1. The fourth-order valence-corrected chi connectivity index (χ4v) is 2.51. The summed E-state index contributed by atoms with van der Waals surface area (Å²) in [5.41, 5.74) is 3.67. The van der Waals surface area contributed by atoms with E-state index in [1.165, 1.54) is 6.21 Å². The smallest absolute Gasteiger partial charge is 0.271 e. The maximum Gasteiger partial charge on any atom is 0.271 e. The molecular weight excluding hydrogens is 423 g/mol. The van der Waals surface area contributed by atoms with Gasteiger partial charge < -0.3 is 14.2 Å². The van der Waals surface area contributed by atoms with Crippen LogP contribution in [0.15, 0.2) is 41.5 Å². The molecule has 126 valence electrons. The highest BCUT2D eigenvalue weighted by atomic mass is 127. The lowest BCUT2D eigenvalue weighted by Gasteiger charge is -2.07. The summed E-state index contributed by atoms with van der Waals surface area (Å²) in [6.07, 6.45) is 1.51. The van der Waals surface area contributed by atoms with Crippen LogP contribution >= 0.6 is 22.6 Å². The third kappa shape index (κ3) is 4.38. The Morgan fingerprint density at radius 3 is 2.46 bits per heavy atom. The standard InChI is InChI=1S/C17H17IN2O4/c1-22-13-6-4-12(15(9-13)23-2)10-19-20-17(21)11-5-7-14(18)16(8-11)24-3/h4-10H,1-3H3,(H,20,21)/b19-10-. The molecule has 0 radical (unpaired) electrons. The van der Waals surface area contributed by atoms with E-state index in [1.807, 2.05) is 6.07 Å². The molecule has 7 heteroatoms. The van der Waals surface area contributed by atoms with E-state index in [0.29, 0.717) is 22.8 Å². The van der Waals surface area contributed by atoms with Gasteiger partial charge in [0, 0.05) is 17.2 Å². The van der Waals surface area contributed by atoms with E-state index in [4.69, 9.17) is 14.2 Å². The maximum absolute atomic E-state index is 12.1. The van der Waals surface area contributed by atoms with Crippen molar-refractivity contribution in [3.63, 3.8) is 0 Å². The molecule has 0 aliphatic rings. The Morgan fingerprint density at radius 1 is 1.04 bits per heavy atom. The topological polar surface area (TPSA) is 69.2 Å². The van der Waals surface area contributed by atoms with Gasteiger partial charge in [0.05, 0.1) is 31.1 Å². The van der Waals surface area contributed by atoms with E-state index in [0.717, 1.165) is 9.13 Å². The highest BCUT2D eigenvalue weighted by Crippen LogP contribution is 2.23. The Balaban J connectivity index is 2.10. The summed E-state index contributed by atoms with van der Waals surface area (Å²) in [7, 11) is 4.70. The maximum atomic E-state index is 12.1. The molecule has 0 unspecified atom stereocenters. The van der Waals surface area contributed by atoms with Gasteiger partial charge in [-0.05, 0) is 52.9 Å². The molecule has 0 bridgehead atoms. The number of benzene rings is 2. The molecule has 0 aliphatic carbocycles. The molecule has 0 saturated heterocycles. The summed E-state index contributed by atoms with van der Waals surface area (Å²) in [6.45, 7) is 0. The number of nitrogens with one attached hydrogen (secondary N) is 1. The Morgan fingerprint density at radius 2 is 1.79 bits per heavy atom. The fraction of sp³-hybridized carbons (Fsp3) is 0.176. The molecule has 0 saturated carbocycles. The quantitative estimate of drug-likeness (QED) is 0.426. The molecule has 1 N–H and O–H groups in total. The predicted molar refractivity (Wildman–Crippen MR) is 100 cm³/mol. The minimum absolute atomic E-state index is 0.326. The number of hydrogen-bond acceptors (Lipinski definition) is 5. The van der Waals surface area contributed by atoms with Crippen LogP contribution in [-0.4, -0.2) is 33.5 Å². The van der Waals surface area contributed by atoms with Crippen molar-refractivity contribution in [3.8, 4) is 17.2 Å². The van der Waals surface area contributed by atoms with Crippen molar-refractivity contribution >= 4 is 34.7 Å². The second-order valence-corrected chi connectivity index (χ2v) is 5.82. The Hall–Kier alpha value is -2.29. The lowest BCUT2D eigenvalue weighted by atomic mass is 10.2. The first-order valence-corrected chi connectivity index (χ1v) is 8.06. The second-order valence-electron chi connectivity index (χ2n) is 4.66. The molecule has 24 heavy (non-hydrogen) atoms. The zero-order valence-corrected chi connectivity index (χ0v) is 15.7. The summed E-state index contributed by atoms with van der Waals surface area (Å²) in [5, 5.41) is 3.97. The Bertz CT molecular complexity index is 762. The molecule has 6 nitrogen and oxygen atoms in total. The first-order valence-electron chi connectivity index (χ1n) is 6.98. The lowest BCUT2D eigenvalue weighted by molar-refractivity contribution is 0.0954. The summed E-state index contributed by atoms with van der Waals surface area (Å²) in [4.78, 5) is 12.1. The molecule has 0 aromatic heterocycles. The van der Waals surface area contributed by atoms with Crippen LogP contribution in [0.2, 0.25) is 0 Å². The molecule has 0 aliphatic heterocycles. The van der Waals surface area contributed by atoms with Gasteiger partial charge in [-0.3, -0.25) is 4.79 Å². The molecule has 0 heterocycles. The number of amides is 1. The van der Waals surface area contributed by atoms with Crippen molar-refractivity contribution < 1.29 is 19.0 Å². The molecule has 2 aromatic carbocycles. The van der Waals surface area contributed by atoms with E-state index in [-0.39, 0.29) is 5.91 Å². The van der Waals surface area contributed by atoms with Crippen LogP contribution in [0.5, 0.6) is 17.2 Å². The number of hydrogen-bond donors (Lipinski definition) is 1. The first-order chi connectivity index (χ1) is 11.6. The number of carbonyl (C=O) groups excluding carboxylic acids is 1. The number of hydrazone groups is 1. The average Bonchev–Trinajstić information content (AvgIpc) is 2.62. The van der Waals surface area contributed by atoms with E-state index >= 15 is 0 Å². The highest BCUT2D eigenvalue weighted by molar-refractivity contribution is 14.1. The van der Waals surface area contributed by atoms with Gasteiger partial charge >= 0.3 is 0 Å². The van der Waals surface area contributed by atoms with E-state index in [1.54, 1.807) is 51.7 Å². The van der Waals surface area contributed by atoms with Crippen molar-refractivity contribution in [1.29, 1.82) is 0 Å². The van der Waals surface area contributed by atoms with Gasteiger partial charge in [0.2, 0.25) is 0 Å². The summed E-state index contributed by atoms with van der Waals surface area (Å²) in [5.74, 6) is 1.60. The van der Waals surface area contributed by atoms with E-state index < -0.39 is 0 Å². The van der Waals surface area contributed by atoms with Crippen molar-refractivity contribution in [2.24, 2.45) is 5.10 Å². The third-order valence-corrected chi connectivity index (χ3v) is 4.11. The number of rotatable bonds is 6. The average molecular weight is 440 g/mol. The number of halogens is 1. The molecule has 1 amide bonds. The van der Waals surface area contributed by atoms with Crippen molar-refractivity contribution in [2.45, 2.75) is 0 Å². The van der Waals surface area contributed by atoms with Gasteiger partial charge in [0.1, 0.15) is 17.2 Å². The number of methoxy groups -OCH3 is 3. The molecule has 2 rings (SSSR count). The van der Waals surface area contributed by atoms with Crippen LogP contribution in [0.1, 0.15) is 15.9 Å². The summed E-state index contributed by atoms with van der Waals surface area (Å²) >= 11 is 2.14. The highest BCUT2D eigenvalue weighted by Gasteiger charge is 2.08. The molecule has 0 fully saturated rings. The SMILES string of the molecule is COc1ccc(/C=N\NC(=O)c2ccc(I)c(OC)c2)c(OC)c1. The van der Waals surface area contributed by atoms with Gasteiger partial charge in [-0.15, -0.1) is 0 Å². The lowest BCUT2D eigenvalue weighted by Crippen LogP contribution is -2.17. The molecule has 2 aromatic rings. The summed E-state index contributed by atoms with van der Waals surface area (Å²) in [6, 6.07) is 10.5. The number of ether oxygens (including phenoxy) is 3. The normalized spacial score (nSPS) is 10.5. The zero-order valence-electron chi connectivity index (χ0n) is 13.5. The minimum atomic E-state index is -0.326. The van der Waals surface area contributed by atoms with Crippen LogP contribution in [0.4, 0.5) is 0 Å². The van der Waals surface area contributed by atoms with Crippen LogP contribution in [0, 0.1) is 3.57 Å². The van der Waals surface area contributed by atoms with Crippen molar-refractivity contribution in [3.05, 3.63) is 51.1 Å². The third-order valence-electron chi connectivity index (χ3n) is 3.22. The second kappa shape index (κ2) is 8.53. The molecular formula is C17H17IN2O4. The van der Waals surface area contributed by atoms with Crippen LogP contribution in [0.25, 0.3) is 0 Å². The minimum Gasteiger partial charge on any atom is -0.497 e. The Labute approximate surface area is 153 Å². The molecule has 0 spiro atoms. The van der Waals surface area contributed by atoms with Gasteiger partial charge in [0.25, 0.3) is 5.91 Å². The summed E-state index contributed by atoms with van der Waals surface area (Å²) < 4.78 is 16.5. The number of carbonyl (C=O) groups is 1. The Kier molecular flexibility index (Phi) is 6.42. The van der Waals surface area contributed by atoms with Crippen LogP contribution in [-0.2, 0) is 0 Å². The molecule has 0 atom stereocenters.